The molecule has 2 aromatic rings. The van der Waals surface area contributed by atoms with Crippen molar-refractivity contribution in [1.29, 1.82) is 0 Å². The Morgan fingerprint density at radius 2 is 2.15 bits per heavy atom. The van der Waals surface area contributed by atoms with E-state index < -0.39 is 0 Å². The Morgan fingerprint density at radius 3 is 2.80 bits per heavy atom. The number of methoxy groups -OCH3 is 1. The molecule has 2 N–H and O–H groups in total. The molecule has 0 aliphatic carbocycles. The van der Waals surface area contributed by atoms with E-state index in [1.165, 1.54) is 0 Å². The molecule has 0 saturated carbocycles. The Labute approximate surface area is 133 Å². The second-order valence-corrected chi connectivity index (χ2v) is 5.83. The van der Waals surface area contributed by atoms with E-state index in [1.807, 2.05) is 0 Å². The number of carbonyl (C=O) groups is 1. The van der Waals surface area contributed by atoms with Gasteiger partial charge < -0.3 is 10.5 Å². The summed E-state index contributed by atoms with van der Waals surface area (Å²) in [4.78, 5) is 12.6. The number of anilines is 1. The maximum absolute atomic E-state index is 12.6. The van der Waals surface area contributed by atoms with Crippen LogP contribution in [0.5, 0.6) is 0 Å². The summed E-state index contributed by atoms with van der Waals surface area (Å²) in [6.07, 6.45) is 1.61. The molecule has 7 heteroatoms. The van der Waals surface area contributed by atoms with Crippen molar-refractivity contribution in [1.82, 2.24) is 9.78 Å². The van der Waals surface area contributed by atoms with Crippen LogP contribution in [0, 0.1) is 0 Å². The number of carbonyl (C=O) groups excluding carboxylic acids is 1. The minimum Gasteiger partial charge on any atom is -0.398 e. The van der Waals surface area contributed by atoms with Crippen molar-refractivity contribution < 1.29 is 9.53 Å². The third kappa shape index (κ3) is 3.11. The largest absolute Gasteiger partial charge is 0.398 e. The lowest BCUT2D eigenvalue weighted by Gasteiger charge is -2.08. The number of rotatable bonds is 5. The lowest BCUT2D eigenvalue weighted by Crippen LogP contribution is -2.15. The van der Waals surface area contributed by atoms with Gasteiger partial charge in [0.2, 0.25) is 5.78 Å². The first-order chi connectivity index (χ1) is 9.54. The number of nitrogen functional groups attached to an aromatic ring is 1. The average molecular weight is 403 g/mol. The summed E-state index contributed by atoms with van der Waals surface area (Å²) in [7, 11) is 1.61. The Bertz CT molecular complexity index is 641. The zero-order valence-electron chi connectivity index (χ0n) is 10.8. The monoisotopic (exact) mass is 401 g/mol. The van der Waals surface area contributed by atoms with Crippen LogP contribution in [0.4, 0.5) is 5.69 Å². The van der Waals surface area contributed by atoms with Crippen LogP contribution < -0.4 is 5.73 Å². The standard InChI is InChI=1S/C13H13Br2N3O2/c1-20-5-4-18-12(10(15)7-17-18)13(19)8-2-3-11(16)9(14)6-8/h2-3,6-7H,4-5,16H2,1H3. The number of halogens is 2. The molecule has 0 spiro atoms. The Morgan fingerprint density at radius 1 is 1.40 bits per heavy atom. The normalized spacial score (nSPS) is 10.8. The summed E-state index contributed by atoms with van der Waals surface area (Å²) in [5.74, 6) is -0.119. The molecule has 106 valence electrons. The van der Waals surface area contributed by atoms with Gasteiger partial charge in [0.05, 0.1) is 23.8 Å². The minimum absolute atomic E-state index is 0.119. The van der Waals surface area contributed by atoms with Crippen molar-refractivity contribution in [3.05, 3.63) is 44.6 Å². The molecule has 0 saturated heterocycles. The van der Waals surface area contributed by atoms with Crippen molar-refractivity contribution in [2.45, 2.75) is 6.54 Å². The maximum Gasteiger partial charge on any atom is 0.212 e. The van der Waals surface area contributed by atoms with Crippen molar-refractivity contribution in [2.75, 3.05) is 19.5 Å². The first-order valence-electron chi connectivity index (χ1n) is 5.84. The van der Waals surface area contributed by atoms with Gasteiger partial charge in [-0.3, -0.25) is 9.48 Å². The lowest BCUT2D eigenvalue weighted by molar-refractivity contribution is 0.102. The molecule has 0 unspecified atom stereocenters. The number of aromatic nitrogens is 2. The summed E-state index contributed by atoms with van der Waals surface area (Å²) in [5.41, 5.74) is 7.37. The quantitative estimate of drug-likeness (QED) is 0.616. The maximum atomic E-state index is 12.6. The number of benzene rings is 1. The van der Waals surface area contributed by atoms with Crippen molar-refractivity contribution in [2.24, 2.45) is 0 Å². The van der Waals surface area contributed by atoms with E-state index in [-0.39, 0.29) is 5.78 Å². The van der Waals surface area contributed by atoms with Crippen molar-refractivity contribution in [3.63, 3.8) is 0 Å². The smallest absolute Gasteiger partial charge is 0.212 e. The van der Waals surface area contributed by atoms with Gasteiger partial charge in [0.25, 0.3) is 0 Å². The molecule has 5 nitrogen and oxygen atoms in total. The summed E-state index contributed by atoms with van der Waals surface area (Å²) < 4.78 is 8.00. The zero-order chi connectivity index (χ0) is 14.7. The Hall–Kier alpha value is -1.18. The highest BCUT2D eigenvalue weighted by Gasteiger charge is 2.19. The molecule has 0 amide bonds. The second-order valence-electron chi connectivity index (χ2n) is 4.12. The average Bonchev–Trinajstić information content (AvgIpc) is 2.80. The van der Waals surface area contributed by atoms with Crippen molar-refractivity contribution in [3.8, 4) is 0 Å². The molecule has 0 aliphatic heterocycles. The van der Waals surface area contributed by atoms with E-state index in [9.17, 15) is 4.79 Å². The minimum atomic E-state index is -0.119. The number of nitrogens with two attached hydrogens (primary N) is 1. The van der Waals surface area contributed by atoms with Gasteiger partial charge in [0.15, 0.2) is 0 Å². The molecule has 2 rings (SSSR count). The molecule has 0 aliphatic rings. The van der Waals surface area contributed by atoms with Crippen LogP contribution in [0.3, 0.4) is 0 Å². The van der Waals surface area contributed by atoms with Gasteiger partial charge in [-0.25, -0.2) is 0 Å². The molecule has 20 heavy (non-hydrogen) atoms. The van der Waals surface area contributed by atoms with Gasteiger partial charge in [-0.1, -0.05) is 0 Å². The van der Waals surface area contributed by atoms with Crippen LogP contribution in [0.2, 0.25) is 0 Å². The van der Waals surface area contributed by atoms with E-state index in [0.717, 1.165) is 0 Å². The highest BCUT2D eigenvalue weighted by molar-refractivity contribution is 9.11. The first-order valence-corrected chi connectivity index (χ1v) is 7.43. The fourth-order valence-corrected chi connectivity index (χ4v) is 2.60. The Balaban J connectivity index is 2.37. The zero-order valence-corrected chi connectivity index (χ0v) is 13.9. The van der Waals surface area contributed by atoms with E-state index >= 15 is 0 Å². The van der Waals surface area contributed by atoms with Crippen LogP contribution in [-0.4, -0.2) is 29.3 Å². The first kappa shape index (κ1) is 15.2. The number of nitrogens with zero attached hydrogens (tertiary/aromatic N) is 2. The fourth-order valence-electron chi connectivity index (χ4n) is 1.74. The third-order valence-electron chi connectivity index (χ3n) is 2.78. The SMILES string of the molecule is COCCn1ncc(Br)c1C(=O)c1ccc(N)c(Br)c1. The van der Waals surface area contributed by atoms with Gasteiger partial charge in [0.1, 0.15) is 5.69 Å². The van der Waals surface area contributed by atoms with Gasteiger partial charge in [-0.15, -0.1) is 0 Å². The predicted molar refractivity (Wildman–Crippen MR) is 83.8 cm³/mol. The molecule has 1 heterocycles. The molecule has 0 radical (unpaired) electrons. The van der Waals surface area contributed by atoms with Crippen LogP contribution in [0.25, 0.3) is 0 Å². The highest BCUT2D eigenvalue weighted by Crippen LogP contribution is 2.24. The van der Waals surface area contributed by atoms with Crippen LogP contribution >= 0.6 is 31.9 Å². The second kappa shape index (κ2) is 6.51. The fraction of sp³-hybridized carbons (Fsp3) is 0.231. The lowest BCUT2D eigenvalue weighted by atomic mass is 10.1. The van der Waals surface area contributed by atoms with Gasteiger partial charge in [0, 0.05) is 22.8 Å². The predicted octanol–water partition coefficient (Wildman–Crippen LogP) is 2.87. The summed E-state index contributed by atoms with van der Waals surface area (Å²) >= 11 is 6.68. The van der Waals surface area contributed by atoms with Crippen LogP contribution in [0.1, 0.15) is 16.1 Å². The summed E-state index contributed by atoms with van der Waals surface area (Å²) in [5, 5.41) is 4.17. The van der Waals surface area contributed by atoms with Gasteiger partial charge in [-0.05, 0) is 50.1 Å². The summed E-state index contributed by atoms with van der Waals surface area (Å²) in [6.45, 7) is 0.999. The van der Waals surface area contributed by atoms with E-state index in [4.69, 9.17) is 10.5 Å². The molecule has 0 fully saturated rings. The van der Waals surface area contributed by atoms with Gasteiger partial charge >= 0.3 is 0 Å². The van der Waals surface area contributed by atoms with Crippen molar-refractivity contribution >= 4 is 43.3 Å². The Kier molecular flexibility index (Phi) is 4.95. The molecule has 1 aromatic carbocycles. The number of ketones is 1. The molecular formula is C13H13Br2N3O2. The van der Waals surface area contributed by atoms with E-state index in [1.54, 1.807) is 36.2 Å². The van der Waals surface area contributed by atoms with E-state index in [0.29, 0.717) is 39.0 Å². The molecule has 0 atom stereocenters. The number of hydrogen-bond donors (Lipinski definition) is 1. The van der Waals surface area contributed by atoms with Crippen LogP contribution in [-0.2, 0) is 11.3 Å². The number of hydrogen-bond acceptors (Lipinski definition) is 4. The molecule has 0 bridgehead atoms. The van der Waals surface area contributed by atoms with E-state index in [2.05, 4.69) is 37.0 Å². The van der Waals surface area contributed by atoms with Crippen LogP contribution in [0.15, 0.2) is 33.3 Å². The number of ether oxygens (including phenoxy) is 1. The molecular weight excluding hydrogens is 390 g/mol. The van der Waals surface area contributed by atoms with Gasteiger partial charge in [-0.2, -0.15) is 5.10 Å². The topological polar surface area (TPSA) is 70.1 Å². The molecule has 1 aromatic heterocycles. The highest BCUT2D eigenvalue weighted by atomic mass is 79.9. The summed E-state index contributed by atoms with van der Waals surface area (Å²) in [6, 6.07) is 5.10. The third-order valence-corrected chi connectivity index (χ3v) is 4.05.